The largest absolute Gasteiger partial charge is 0.483 e. The summed E-state index contributed by atoms with van der Waals surface area (Å²) >= 11 is 1.38. The van der Waals surface area contributed by atoms with Gasteiger partial charge in [0.1, 0.15) is 5.75 Å². The van der Waals surface area contributed by atoms with Crippen molar-refractivity contribution >= 4 is 23.4 Å². The Morgan fingerprint density at radius 1 is 1.07 bits per heavy atom. The molecule has 1 aromatic heterocycles. The van der Waals surface area contributed by atoms with Crippen LogP contribution in [0.15, 0.2) is 59.8 Å². The summed E-state index contributed by atoms with van der Waals surface area (Å²) in [5.74, 6) is 2.07. The molecule has 0 spiro atoms. The molecule has 0 unspecified atom stereocenters. The van der Waals surface area contributed by atoms with Gasteiger partial charge < -0.3 is 14.6 Å². The predicted octanol–water partition coefficient (Wildman–Crippen LogP) is 5.29. The first kappa shape index (κ1) is 21.9. The molecular weight excluding hydrogens is 396 g/mol. The summed E-state index contributed by atoms with van der Waals surface area (Å²) in [5.41, 5.74) is 1.99. The molecule has 7 heteroatoms. The van der Waals surface area contributed by atoms with Crippen LogP contribution in [-0.4, -0.2) is 26.4 Å². The highest BCUT2D eigenvalue weighted by Gasteiger charge is 2.19. The first-order valence-corrected chi connectivity index (χ1v) is 11.1. The second kappa shape index (κ2) is 10.3. The van der Waals surface area contributed by atoms with Crippen LogP contribution in [0, 0.1) is 0 Å². The van der Waals surface area contributed by atoms with Crippen LogP contribution >= 0.6 is 11.8 Å². The zero-order valence-electron chi connectivity index (χ0n) is 17.8. The Hall–Kier alpha value is -2.80. The van der Waals surface area contributed by atoms with Gasteiger partial charge in [0.05, 0.1) is 5.75 Å². The monoisotopic (exact) mass is 424 g/mol. The predicted molar refractivity (Wildman–Crippen MR) is 121 cm³/mol. The van der Waals surface area contributed by atoms with E-state index in [0.717, 1.165) is 22.8 Å². The second-order valence-corrected chi connectivity index (χ2v) is 8.18. The third-order valence-corrected chi connectivity index (χ3v) is 5.64. The molecule has 0 aliphatic rings. The topological polar surface area (TPSA) is 69.0 Å². The Kier molecular flexibility index (Phi) is 7.52. The van der Waals surface area contributed by atoms with Gasteiger partial charge in [0, 0.05) is 12.2 Å². The number of carbonyl (C=O) groups excluding carboxylic acids is 1. The number of rotatable bonds is 9. The number of amides is 1. The van der Waals surface area contributed by atoms with Gasteiger partial charge in [-0.15, -0.1) is 10.2 Å². The molecule has 30 heavy (non-hydrogen) atoms. The third-order valence-electron chi connectivity index (χ3n) is 4.67. The number of carbonyl (C=O) groups is 1. The quantitative estimate of drug-likeness (QED) is 0.473. The van der Waals surface area contributed by atoms with Gasteiger partial charge >= 0.3 is 0 Å². The number of hydrogen-bond acceptors (Lipinski definition) is 5. The van der Waals surface area contributed by atoms with Crippen molar-refractivity contribution in [1.82, 2.24) is 14.8 Å². The number of hydrogen-bond donors (Lipinski definition) is 1. The molecule has 6 nitrogen and oxygen atoms in total. The highest BCUT2D eigenvalue weighted by Crippen LogP contribution is 2.26. The third kappa shape index (κ3) is 5.42. The van der Waals surface area contributed by atoms with Gasteiger partial charge in [-0.3, -0.25) is 4.79 Å². The lowest BCUT2D eigenvalue weighted by Gasteiger charge is -2.15. The molecule has 0 fully saturated rings. The maximum atomic E-state index is 12.5. The summed E-state index contributed by atoms with van der Waals surface area (Å²) in [6.45, 7) is 8.91. The van der Waals surface area contributed by atoms with Gasteiger partial charge in [-0.2, -0.15) is 0 Å². The van der Waals surface area contributed by atoms with Crippen LogP contribution in [-0.2, 0) is 11.3 Å². The van der Waals surface area contributed by atoms with Gasteiger partial charge in [-0.25, -0.2) is 0 Å². The van der Waals surface area contributed by atoms with Crippen molar-refractivity contribution in [3.05, 3.63) is 66.0 Å². The average molecular weight is 425 g/mol. The van der Waals surface area contributed by atoms with Crippen molar-refractivity contribution in [1.29, 1.82) is 0 Å². The Morgan fingerprint density at radius 3 is 2.47 bits per heavy atom. The minimum Gasteiger partial charge on any atom is -0.483 e. The fourth-order valence-electron chi connectivity index (χ4n) is 3.19. The molecule has 0 aliphatic heterocycles. The molecule has 1 amide bonds. The number of para-hydroxylation sites is 2. The number of thioether (sulfide) groups is 1. The van der Waals surface area contributed by atoms with Crippen LogP contribution in [0.4, 0.5) is 5.69 Å². The molecule has 3 rings (SSSR count). The van der Waals surface area contributed by atoms with E-state index < -0.39 is 0 Å². The first-order valence-electron chi connectivity index (χ1n) is 10.2. The highest BCUT2D eigenvalue weighted by molar-refractivity contribution is 7.99. The van der Waals surface area contributed by atoms with Crippen LogP contribution < -0.4 is 10.1 Å². The van der Waals surface area contributed by atoms with Gasteiger partial charge in [-0.1, -0.05) is 62.0 Å². The number of anilines is 1. The van der Waals surface area contributed by atoms with Crippen LogP contribution in [0.1, 0.15) is 51.1 Å². The maximum Gasteiger partial charge on any atom is 0.234 e. The zero-order chi connectivity index (χ0) is 21.5. The summed E-state index contributed by atoms with van der Waals surface area (Å²) in [6.07, 6.45) is -0.249. The smallest absolute Gasteiger partial charge is 0.234 e. The lowest BCUT2D eigenvalue weighted by molar-refractivity contribution is -0.113. The van der Waals surface area contributed by atoms with E-state index in [1.165, 1.54) is 11.8 Å². The lowest BCUT2D eigenvalue weighted by atomic mass is 10.0. The molecular formula is C23H28N4O2S. The standard InChI is InChI=1S/C23H28N4O2S/c1-5-27-22(17(4)29-18-11-7-6-8-12-18)25-26-23(27)30-15-21(28)24-20-14-10-9-13-19(20)16(2)3/h6-14,16-17H,5,15H2,1-4H3,(H,24,28)/t17-/m0/s1. The van der Waals surface area contributed by atoms with E-state index in [1.807, 2.05) is 73.0 Å². The van der Waals surface area contributed by atoms with Crippen molar-refractivity contribution in [2.45, 2.75) is 51.4 Å². The number of benzene rings is 2. The summed E-state index contributed by atoms with van der Waals surface area (Å²) in [6, 6.07) is 17.6. The zero-order valence-corrected chi connectivity index (χ0v) is 18.6. The van der Waals surface area contributed by atoms with Crippen molar-refractivity contribution in [3.8, 4) is 5.75 Å². The van der Waals surface area contributed by atoms with Crippen LogP contribution in [0.3, 0.4) is 0 Å². The molecule has 1 atom stereocenters. The summed E-state index contributed by atoms with van der Waals surface area (Å²) in [5, 5.41) is 12.3. The van der Waals surface area contributed by atoms with Crippen LogP contribution in [0.25, 0.3) is 0 Å². The molecule has 0 aliphatic carbocycles. The van der Waals surface area contributed by atoms with E-state index in [2.05, 4.69) is 29.4 Å². The number of ether oxygens (including phenoxy) is 1. The Balaban J connectivity index is 1.64. The van der Waals surface area contributed by atoms with E-state index in [9.17, 15) is 4.79 Å². The van der Waals surface area contributed by atoms with E-state index in [0.29, 0.717) is 17.6 Å². The molecule has 1 N–H and O–H groups in total. The van der Waals surface area contributed by atoms with E-state index >= 15 is 0 Å². The number of nitrogens with one attached hydrogen (secondary N) is 1. The Morgan fingerprint density at radius 2 is 1.77 bits per heavy atom. The second-order valence-electron chi connectivity index (χ2n) is 7.24. The summed E-state index contributed by atoms with van der Waals surface area (Å²) < 4.78 is 7.98. The minimum absolute atomic E-state index is 0.0612. The summed E-state index contributed by atoms with van der Waals surface area (Å²) in [7, 11) is 0. The van der Waals surface area contributed by atoms with Crippen LogP contribution in [0.2, 0.25) is 0 Å². The fraction of sp³-hybridized carbons (Fsp3) is 0.348. The minimum atomic E-state index is -0.249. The first-order chi connectivity index (χ1) is 14.5. The van der Waals surface area contributed by atoms with Crippen LogP contribution in [0.5, 0.6) is 5.75 Å². The van der Waals surface area contributed by atoms with E-state index in [1.54, 1.807) is 0 Å². The number of nitrogens with zero attached hydrogens (tertiary/aromatic N) is 3. The van der Waals surface area contributed by atoms with Crippen molar-refractivity contribution < 1.29 is 9.53 Å². The maximum absolute atomic E-state index is 12.5. The molecule has 0 saturated carbocycles. The fourth-order valence-corrected chi connectivity index (χ4v) is 4.00. The van der Waals surface area contributed by atoms with Crippen molar-refractivity contribution in [2.24, 2.45) is 0 Å². The Labute approximate surface area is 182 Å². The molecule has 1 heterocycles. The average Bonchev–Trinajstić information content (AvgIpc) is 3.16. The van der Waals surface area contributed by atoms with Gasteiger partial charge in [0.2, 0.25) is 5.91 Å². The lowest BCUT2D eigenvalue weighted by Crippen LogP contribution is -2.16. The van der Waals surface area contributed by atoms with E-state index in [-0.39, 0.29) is 17.8 Å². The molecule has 158 valence electrons. The van der Waals surface area contributed by atoms with E-state index in [4.69, 9.17) is 4.74 Å². The van der Waals surface area contributed by atoms with Crippen molar-refractivity contribution in [3.63, 3.8) is 0 Å². The van der Waals surface area contributed by atoms with Gasteiger partial charge in [0.15, 0.2) is 17.1 Å². The Bertz CT molecular complexity index is 972. The number of aromatic nitrogens is 3. The SMILES string of the molecule is CCn1c(SCC(=O)Nc2ccccc2C(C)C)nnc1[C@H](C)Oc1ccccc1. The molecule has 0 radical (unpaired) electrons. The van der Waals surface area contributed by atoms with Gasteiger partial charge in [-0.05, 0) is 43.5 Å². The molecule has 2 aromatic carbocycles. The summed E-state index contributed by atoms with van der Waals surface area (Å²) in [4.78, 5) is 12.5. The molecule has 0 saturated heterocycles. The molecule has 0 bridgehead atoms. The van der Waals surface area contributed by atoms with Gasteiger partial charge in [0.25, 0.3) is 0 Å². The van der Waals surface area contributed by atoms with Crippen molar-refractivity contribution in [2.75, 3.05) is 11.1 Å². The molecule has 3 aromatic rings. The normalized spacial score (nSPS) is 12.0. The highest BCUT2D eigenvalue weighted by atomic mass is 32.2.